The molecule has 2 amide bonds. The molecule has 0 radical (unpaired) electrons. The molecule has 2 N–H and O–H groups in total. The average molecular weight is 403 g/mol. The topological polar surface area (TPSA) is 73.9 Å². The van der Waals surface area contributed by atoms with Crippen molar-refractivity contribution in [3.05, 3.63) is 30.3 Å². The van der Waals surface area contributed by atoms with Crippen LogP contribution in [-0.2, 0) is 14.3 Å². The Bertz CT molecular complexity index is 666. The van der Waals surface area contributed by atoms with E-state index in [1.54, 1.807) is 0 Å². The highest BCUT2D eigenvalue weighted by Crippen LogP contribution is 2.19. The number of amides is 2. The lowest BCUT2D eigenvalue weighted by atomic mass is 9.95. The number of anilines is 1. The van der Waals surface area contributed by atoms with Gasteiger partial charge in [-0.2, -0.15) is 0 Å². The molecule has 0 aromatic heterocycles. The lowest BCUT2D eigenvalue weighted by molar-refractivity contribution is -0.124. The molecule has 0 spiro atoms. The van der Waals surface area contributed by atoms with Crippen molar-refractivity contribution in [2.75, 3.05) is 57.8 Å². The number of morpholine rings is 1. The summed E-state index contributed by atoms with van der Waals surface area (Å²) in [6, 6.07) is 9.56. The average Bonchev–Trinajstić information content (AvgIpc) is 2.74. The molecule has 0 aliphatic carbocycles. The molecule has 1 aromatic carbocycles. The standard InChI is InChI=1S/C22H34N4O3/c1-22(2,26-12-14-29-15-13-26)17-23-20(27)16-25-10-8-18(9-11-25)21(28)24-19-6-4-3-5-7-19/h3-7,18H,8-17H2,1-2H3,(H,23,27)(H,24,28). The molecule has 0 unspecified atom stereocenters. The summed E-state index contributed by atoms with van der Waals surface area (Å²) in [6.45, 7) is 10.2. The van der Waals surface area contributed by atoms with Gasteiger partial charge in [0.2, 0.25) is 11.8 Å². The quantitative estimate of drug-likeness (QED) is 0.724. The molecule has 0 saturated carbocycles. The van der Waals surface area contributed by atoms with Crippen LogP contribution in [-0.4, -0.2) is 79.6 Å². The third kappa shape index (κ3) is 6.52. The predicted molar refractivity (Wildman–Crippen MR) is 114 cm³/mol. The van der Waals surface area contributed by atoms with E-state index in [1.165, 1.54) is 0 Å². The number of para-hydroxylation sites is 1. The Hall–Kier alpha value is -1.96. The zero-order valence-electron chi connectivity index (χ0n) is 17.7. The normalized spacial score (nSPS) is 19.7. The van der Waals surface area contributed by atoms with Crippen LogP contribution in [0.3, 0.4) is 0 Å². The first kappa shape index (κ1) is 21.7. The van der Waals surface area contributed by atoms with Crippen LogP contribution in [0.25, 0.3) is 0 Å². The Labute approximate surface area is 173 Å². The Kier molecular flexibility index (Phi) is 7.64. The molecule has 1 aromatic rings. The van der Waals surface area contributed by atoms with E-state index < -0.39 is 0 Å². The van der Waals surface area contributed by atoms with Crippen molar-refractivity contribution >= 4 is 17.5 Å². The van der Waals surface area contributed by atoms with E-state index in [0.29, 0.717) is 13.1 Å². The summed E-state index contributed by atoms with van der Waals surface area (Å²) >= 11 is 0. The van der Waals surface area contributed by atoms with Gasteiger partial charge in [-0.05, 0) is 51.9 Å². The lowest BCUT2D eigenvalue weighted by Crippen LogP contribution is -2.56. The Morgan fingerprint density at radius 2 is 1.72 bits per heavy atom. The summed E-state index contributed by atoms with van der Waals surface area (Å²) < 4.78 is 5.42. The predicted octanol–water partition coefficient (Wildman–Crippen LogP) is 1.56. The fraction of sp³-hybridized carbons (Fsp3) is 0.636. The molecule has 7 heteroatoms. The Morgan fingerprint density at radius 1 is 1.07 bits per heavy atom. The minimum Gasteiger partial charge on any atom is -0.379 e. The number of ether oxygens (including phenoxy) is 1. The third-order valence-electron chi connectivity index (χ3n) is 5.95. The van der Waals surface area contributed by atoms with Crippen LogP contribution < -0.4 is 10.6 Å². The van der Waals surface area contributed by atoms with E-state index in [9.17, 15) is 9.59 Å². The summed E-state index contributed by atoms with van der Waals surface area (Å²) in [5.74, 6) is 0.140. The number of hydrogen-bond acceptors (Lipinski definition) is 5. The summed E-state index contributed by atoms with van der Waals surface area (Å²) in [6.07, 6.45) is 1.57. The highest BCUT2D eigenvalue weighted by molar-refractivity contribution is 5.92. The number of nitrogens with zero attached hydrogens (tertiary/aromatic N) is 2. The maximum Gasteiger partial charge on any atom is 0.234 e. The van der Waals surface area contributed by atoms with Gasteiger partial charge in [0, 0.05) is 36.8 Å². The molecule has 2 aliphatic rings. The van der Waals surface area contributed by atoms with Crippen molar-refractivity contribution in [1.82, 2.24) is 15.1 Å². The van der Waals surface area contributed by atoms with E-state index >= 15 is 0 Å². The van der Waals surface area contributed by atoms with Crippen LogP contribution >= 0.6 is 0 Å². The van der Waals surface area contributed by atoms with Gasteiger partial charge in [0.1, 0.15) is 0 Å². The second-order valence-corrected chi connectivity index (χ2v) is 8.59. The van der Waals surface area contributed by atoms with Crippen molar-refractivity contribution in [3.63, 3.8) is 0 Å². The first-order chi connectivity index (χ1) is 13.9. The van der Waals surface area contributed by atoms with Crippen LogP contribution in [0.5, 0.6) is 0 Å². The number of hydrogen-bond donors (Lipinski definition) is 2. The first-order valence-electron chi connectivity index (χ1n) is 10.6. The molecule has 3 rings (SSSR count). The molecule has 29 heavy (non-hydrogen) atoms. The summed E-state index contributed by atoms with van der Waals surface area (Å²) in [7, 11) is 0. The monoisotopic (exact) mass is 402 g/mol. The minimum absolute atomic E-state index is 0.00905. The molecule has 2 fully saturated rings. The second-order valence-electron chi connectivity index (χ2n) is 8.59. The van der Waals surface area contributed by atoms with Crippen LogP contribution in [0.15, 0.2) is 30.3 Å². The fourth-order valence-corrected chi connectivity index (χ4v) is 3.97. The number of piperidine rings is 1. The zero-order chi connectivity index (χ0) is 20.7. The fourth-order valence-electron chi connectivity index (χ4n) is 3.97. The second kappa shape index (κ2) is 10.2. The van der Waals surface area contributed by atoms with E-state index in [1.807, 2.05) is 30.3 Å². The number of benzene rings is 1. The summed E-state index contributed by atoms with van der Waals surface area (Å²) in [5.41, 5.74) is 0.754. The number of likely N-dealkylation sites (tertiary alicyclic amines) is 1. The van der Waals surface area contributed by atoms with Gasteiger partial charge in [0.05, 0.1) is 19.8 Å². The number of carbonyl (C=O) groups excluding carboxylic acids is 2. The largest absolute Gasteiger partial charge is 0.379 e. The highest BCUT2D eigenvalue weighted by atomic mass is 16.5. The number of rotatable bonds is 7. The SMILES string of the molecule is CC(C)(CNC(=O)CN1CCC(C(=O)Nc2ccccc2)CC1)N1CCOCC1. The minimum atomic E-state index is -0.0814. The maximum absolute atomic E-state index is 12.4. The molecule has 0 bridgehead atoms. The van der Waals surface area contributed by atoms with Crippen LogP contribution in [0.1, 0.15) is 26.7 Å². The van der Waals surface area contributed by atoms with Crippen molar-refractivity contribution < 1.29 is 14.3 Å². The molecule has 7 nitrogen and oxygen atoms in total. The van der Waals surface area contributed by atoms with Crippen molar-refractivity contribution in [2.45, 2.75) is 32.2 Å². The van der Waals surface area contributed by atoms with Gasteiger partial charge < -0.3 is 15.4 Å². The highest BCUT2D eigenvalue weighted by Gasteiger charge is 2.29. The van der Waals surface area contributed by atoms with Crippen LogP contribution in [0.2, 0.25) is 0 Å². The van der Waals surface area contributed by atoms with Gasteiger partial charge >= 0.3 is 0 Å². The zero-order valence-corrected chi connectivity index (χ0v) is 17.7. The smallest absolute Gasteiger partial charge is 0.234 e. The molecule has 0 atom stereocenters. The van der Waals surface area contributed by atoms with E-state index in [0.717, 1.165) is 57.9 Å². The van der Waals surface area contributed by atoms with Gasteiger partial charge in [-0.3, -0.25) is 19.4 Å². The van der Waals surface area contributed by atoms with Gasteiger partial charge in [-0.25, -0.2) is 0 Å². The van der Waals surface area contributed by atoms with Gasteiger partial charge in [0.15, 0.2) is 0 Å². The van der Waals surface area contributed by atoms with Gasteiger partial charge in [-0.15, -0.1) is 0 Å². The maximum atomic E-state index is 12.4. The van der Waals surface area contributed by atoms with E-state index in [2.05, 4.69) is 34.3 Å². The number of carbonyl (C=O) groups is 2. The van der Waals surface area contributed by atoms with Crippen molar-refractivity contribution in [3.8, 4) is 0 Å². The Balaban J connectivity index is 1.36. The lowest BCUT2D eigenvalue weighted by Gasteiger charge is -2.41. The van der Waals surface area contributed by atoms with Crippen molar-refractivity contribution in [1.29, 1.82) is 0 Å². The molecule has 160 valence electrons. The number of nitrogens with one attached hydrogen (secondary N) is 2. The molecule has 2 heterocycles. The van der Waals surface area contributed by atoms with Crippen molar-refractivity contribution in [2.24, 2.45) is 5.92 Å². The molecular weight excluding hydrogens is 368 g/mol. The Morgan fingerprint density at radius 3 is 2.38 bits per heavy atom. The van der Waals surface area contributed by atoms with Crippen LogP contribution in [0, 0.1) is 5.92 Å². The summed E-state index contributed by atoms with van der Waals surface area (Å²) in [4.78, 5) is 29.4. The van der Waals surface area contributed by atoms with Crippen LogP contribution in [0.4, 0.5) is 5.69 Å². The molecule has 2 aliphatic heterocycles. The summed E-state index contributed by atoms with van der Waals surface area (Å²) in [5, 5.41) is 6.08. The van der Waals surface area contributed by atoms with Gasteiger partial charge in [-0.1, -0.05) is 18.2 Å². The van der Waals surface area contributed by atoms with E-state index in [-0.39, 0.29) is 23.3 Å². The van der Waals surface area contributed by atoms with E-state index in [4.69, 9.17) is 4.74 Å². The van der Waals surface area contributed by atoms with Gasteiger partial charge in [0.25, 0.3) is 0 Å². The first-order valence-corrected chi connectivity index (χ1v) is 10.6. The molecule has 2 saturated heterocycles. The third-order valence-corrected chi connectivity index (χ3v) is 5.95. The molecular formula is C22H34N4O3.